The van der Waals surface area contributed by atoms with E-state index in [1.807, 2.05) is 0 Å². The van der Waals surface area contributed by atoms with Gasteiger partial charge in [0.15, 0.2) is 0 Å². The minimum Gasteiger partial charge on any atom is -0.309 e. The van der Waals surface area contributed by atoms with Gasteiger partial charge in [-0.1, -0.05) is 237 Å². The lowest BCUT2D eigenvalue weighted by atomic mass is 9.79. The number of rotatable bonds is 6. The van der Waals surface area contributed by atoms with Crippen LogP contribution in [0.4, 0.5) is 17.1 Å². The molecule has 0 amide bonds. The van der Waals surface area contributed by atoms with Crippen molar-refractivity contribution >= 4 is 71.2 Å². The van der Waals surface area contributed by atoms with Crippen molar-refractivity contribution in [2.75, 3.05) is 4.90 Å². The summed E-state index contributed by atoms with van der Waals surface area (Å²) in [5.41, 5.74) is 18.3. The summed E-state index contributed by atoms with van der Waals surface area (Å²) < 4.78 is 2.49. The quantitative estimate of drug-likeness (QED) is 0.151. The van der Waals surface area contributed by atoms with Crippen molar-refractivity contribution in [2.24, 2.45) is 0 Å². The second-order valence-electron chi connectivity index (χ2n) is 26.4. The number of para-hydroxylation sites is 2. The lowest BCUT2D eigenvalue weighted by Crippen LogP contribution is -2.20. The summed E-state index contributed by atoms with van der Waals surface area (Å²) in [5, 5.41) is 10.1. The van der Waals surface area contributed by atoms with Crippen molar-refractivity contribution in [3.8, 4) is 27.9 Å². The molecule has 0 saturated heterocycles. The van der Waals surface area contributed by atoms with Gasteiger partial charge in [-0.25, -0.2) is 0 Å². The van der Waals surface area contributed by atoms with Crippen LogP contribution in [0.15, 0.2) is 176 Å². The minimum atomic E-state index is -0.115. The summed E-state index contributed by atoms with van der Waals surface area (Å²) in [4.78, 5) is 2.64. The molecule has 1 heterocycles. The molecule has 11 rings (SSSR count). The van der Waals surface area contributed by atoms with Crippen molar-refractivity contribution in [1.82, 2.24) is 4.57 Å². The molecule has 0 spiro atoms. The fraction of sp³-hybridized carbons (Fsp3) is 0.278. The van der Waals surface area contributed by atoms with E-state index in [0.29, 0.717) is 0 Å². The third kappa shape index (κ3) is 8.45. The molecule has 0 saturated carbocycles. The summed E-state index contributed by atoms with van der Waals surface area (Å²) >= 11 is 0. The second-order valence-corrected chi connectivity index (χ2v) is 26.4. The monoisotopic (exact) mass is 967 g/mol. The molecule has 0 unspecified atom stereocenters. The van der Waals surface area contributed by atoms with Gasteiger partial charge in [0.25, 0.3) is 0 Å². The topological polar surface area (TPSA) is 8.17 Å². The molecule has 2 nitrogen and oxygen atoms in total. The third-order valence-corrected chi connectivity index (χ3v) is 15.9. The largest absolute Gasteiger partial charge is 0.309 e. The van der Waals surface area contributed by atoms with E-state index in [9.17, 15) is 0 Å². The summed E-state index contributed by atoms with van der Waals surface area (Å²) in [6.45, 7) is 35.1. The fourth-order valence-corrected chi connectivity index (χ4v) is 11.4. The average Bonchev–Trinajstić information content (AvgIpc) is 3.69. The molecule has 372 valence electrons. The Bertz CT molecular complexity index is 3870. The van der Waals surface area contributed by atoms with E-state index in [0.717, 1.165) is 11.4 Å². The Hall–Kier alpha value is -7.16. The Labute approximate surface area is 441 Å². The summed E-state index contributed by atoms with van der Waals surface area (Å²) in [7, 11) is 0. The second kappa shape index (κ2) is 17.2. The maximum Gasteiger partial charge on any atom is 0.0543 e. The summed E-state index contributed by atoms with van der Waals surface area (Å²) in [5.74, 6) is 0. The van der Waals surface area contributed by atoms with Crippen molar-refractivity contribution in [3.63, 3.8) is 0 Å². The lowest BCUT2D eigenvalue weighted by molar-refractivity contribution is 0.569. The van der Waals surface area contributed by atoms with E-state index in [1.54, 1.807) is 0 Å². The van der Waals surface area contributed by atoms with E-state index in [4.69, 9.17) is 0 Å². The van der Waals surface area contributed by atoms with Crippen LogP contribution in [0, 0.1) is 0 Å². The van der Waals surface area contributed by atoms with Crippen LogP contribution < -0.4 is 4.90 Å². The predicted molar refractivity (Wildman–Crippen MR) is 324 cm³/mol. The molecule has 0 fully saturated rings. The van der Waals surface area contributed by atoms with Gasteiger partial charge in [-0.15, -0.1) is 0 Å². The highest BCUT2D eigenvalue weighted by molar-refractivity contribution is 6.27. The molecule has 1 aromatic heterocycles. The van der Waals surface area contributed by atoms with Crippen LogP contribution in [0.1, 0.15) is 132 Å². The normalized spacial score (nSPS) is 13.1. The van der Waals surface area contributed by atoms with Crippen LogP contribution in [0.3, 0.4) is 0 Å². The van der Waals surface area contributed by atoms with Gasteiger partial charge in [-0.05, 0) is 136 Å². The molecule has 0 aliphatic heterocycles. The molecule has 0 aliphatic carbocycles. The standard InChI is InChI=1S/C72H74N2/c1-68(2,3)48-30-24-45(25-31-48)60-43-49(69(4,5)6)32-36-54(60)57-37-33-50(70(7,8)9)44-65(57)73(53-41-51(71(10,11)12)40-52(42-53)72(13,14)15)63-38-28-46-27-35-59-64(39-29-47-26-34-58(63)66(46)67(47)59)74-61-22-18-16-20-55(61)56-21-17-19-23-62(56)74/h16-44H,1-15H3. The number of aromatic nitrogens is 1. The third-order valence-electron chi connectivity index (χ3n) is 15.9. The molecule has 0 atom stereocenters. The van der Waals surface area contributed by atoms with E-state index >= 15 is 0 Å². The van der Waals surface area contributed by atoms with Gasteiger partial charge in [-0.3, -0.25) is 0 Å². The number of hydrogen-bond donors (Lipinski definition) is 0. The number of fused-ring (bicyclic) bond motifs is 3. The van der Waals surface area contributed by atoms with Crippen LogP contribution in [-0.4, -0.2) is 4.57 Å². The molecule has 74 heavy (non-hydrogen) atoms. The number of hydrogen-bond acceptors (Lipinski definition) is 1. The highest BCUT2D eigenvalue weighted by atomic mass is 15.1. The predicted octanol–water partition coefficient (Wildman–Crippen LogP) is 21.0. The Morgan fingerprint density at radius 1 is 0.311 bits per heavy atom. The summed E-state index contributed by atoms with van der Waals surface area (Å²) in [6, 6.07) is 68.0. The van der Waals surface area contributed by atoms with Gasteiger partial charge in [0.1, 0.15) is 0 Å². The Morgan fingerprint density at radius 3 is 1.32 bits per heavy atom. The smallest absolute Gasteiger partial charge is 0.0543 e. The number of benzene rings is 10. The molecular weight excluding hydrogens is 893 g/mol. The van der Waals surface area contributed by atoms with E-state index in [2.05, 4.69) is 289 Å². The van der Waals surface area contributed by atoms with Gasteiger partial charge < -0.3 is 9.47 Å². The molecular formula is C72H74N2. The maximum atomic E-state index is 2.64. The Balaban J connectivity index is 1.25. The Morgan fingerprint density at radius 2 is 0.770 bits per heavy atom. The number of nitrogens with zero attached hydrogens (tertiary/aromatic N) is 2. The first-order valence-electron chi connectivity index (χ1n) is 26.9. The van der Waals surface area contributed by atoms with E-state index in [1.165, 1.54) is 116 Å². The zero-order valence-electron chi connectivity index (χ0n) is 46.6. The molecule has 0 bridgehead atoms. The van der Waals surface area contributed by atoms with E-state index in [-0.39, 0.29) is 27.1 Å². The molecule has 10 aromatic carbocycles. The van der Waals surface area contributed by atoms with Crippen LogP contribution >= 0.6 is 0 Å². The van der Waals surface area contributed by atoms with Gasteiger partial charge in [0.05, 0.1) is 28.1 Å². The van der Waals surface area contributed by atoms with Crippen LogP contribution in [0.2, 0.25) is 0 Å². The molecule has 0 aliphatic rings. The van der Waals surface area contributed by atoms with Gasteiger partial charge in [-0.2, -0.15) is 0 Å². The lowest BCUT2D eigenvalue weighted by Gasteiger charge is -2.34. The van der Waals surface area contributed by atoms with Gasteiger partial charge in [0, 0.05) is 32.8 Å². The molecule has 11 aromatic rings. The van der Waals surface area contributed by atoms with E-state index < -0.39 is 0 Å². The zero-order chi connectivity index (χ0) is 52.4. The van der Waals surface area contributed by atoms with Crippen LogP contribution in [-0.2, 0) is 27.1 Å². The maximum absolute atomic E-state index is 2.64. The first kappa shape index (κ1) is 49.1. The summed E-state index contributed by atoms with van der Waals surface area (Å²) in [6.07, 6.45) is 0. The number of anilines is 3. The van der Waals surface area contributed by atoms with Crippen LogP contribution in [0.25, 0.3) is 82.1 Å². The van der Waals surface area contributed by atoms with Crippen molar-refractivity contribution in [1.29, 1.82) is 0 Å². The highest BCUT2D eigenvalue weighted by Crippen LogP contribution is 2.51. The van der Waals surface area contributed by atoms with Gasteiger partial charge >= 0.3 is 0 Å². The minimum absolute atomic E-state index is 0.0382. The molecule has 0 N–H and O–H groups in total. The SMILES string of the molecule is CC(C)(C)c1ccc(-c2cc(C(C)(C)C)ccc2-c2ccc(C(C)(C)C)cc2N(c2cc(C(C)(C)C)cc(C(C)(C)C)c2)c2ccc3ccc4c(-n5c6ccccc6c6ccccc65)ccc5ccc2c3c54)cc1. The van der Waals surface area contributed by atoms with Crippen molar-refractivity contribution in [2.45, 2.75) is 131 Å². The van der Waals surface area contributed by atoms with Crippen molar-refractivity contribution < 1.29 is 0 Å². The molecule has 0 radical (unpaired) electrons. The average molecular weight is 967 g/mol. The zero-order valence-corrected chi connectivity index (χ0v) is 46.6. The Kier molecular flexibility index (Phi) is 11.4. The van der Waals surface area contributed by atoms with Gasteiger partial charge in [0.2, 0.25) is 0 Å². The van der Waals surface area contributed by atoms with Crippen molar-refractivity contribution in [3.05, 3.63) is 204 Å². The highest BCUT2D eigenvalue weighted by Gasteiger charge is 2.30. The first-order valence-corrected chi connectivity index (χ1v) is 26.9. The fourth-order valence-electron chi connectivity index (χ4n) is 11.4. The van der Waals surface area contributed by atoms with Crippen LogP contribution in [0.5, 0.6) is 0 Å². The first-order chi connectivity index (χ1) is 34.9. The molecule has 2 heteroatoms.